The van der Waals surface area contributed by atoms with Crippen LogP contribution in [-0.4, -0.2) is 72.5 Å². The Hall–Kier alpha value is -4.38. The summed E-state index contributed by atoms with van der Waals surface area (Å²) in [6.45, 7) is 3.88. The molecule has 0 aliphatic carbocycles. The van der Waals surface area contributed by atoms with Gasteiger partial charge in [0, 0.05) is 18.7 Å². The van der Waals surface area contributed by atoms with E-state index in [4.69, 9.17) is 4.98 Å². The Morgan fingerprint density at radius 2 is 1.74 bits per heavy atom. The largest absolute Gasteiger partial charge is 0.365 e. The molecule has 0 atom stereocenters. The van der Waals surface area contributed by atoms with Crippen LogP contribution in [0, 0.1) is 6.92 Å². The Labute approximate surface area is 201 Å². The molecule has 0 radical (unpaired) electrons. The standard InChI is InChI=1S/C24H26N10O/c1-15-26-20-21(24(35)30-27-23(20)25-12-13-33(2)3)34(15)14-16-8-4-5-9-17(16)18-10-6-7-11-19(18)22-28-31-32-29-22/h4-11H,12-14H2,1-3H3,(H,25,27)(H,30,35)(H,28,29,31,32). The number of hydrogen-bond acceptors (Lipinski definition) is 8. The number of tetrazole rings is 1. The quantitative estimate of drug-likeness (QED) is 0.315. The summed E-state index contributed by atoms with van der Waals surface area (Å²) in [4.78, 5) is 19.6. The average Bonchev–Trinajstić information content (AvgIpc) is 3.50. The number of likely N-dealkylation sites (N-methyl/N-ethyl adjacent to an activating group) is 1. The summed E-state index contributed by atoms with van der Waals surface area (Å²) in [6.07, 6.45) is 0. The van der Waals surface area contributed by atoms with E-state index in [0.29, 0.717) is 35.8 Å². The minimum atomic E-state index is -0.275. The van der Waals surface area contributed by atoms with Crippen LogP contribution >= 0.6 is 0 Å². The number of aryl methyl sites for hydroxylation is 1. The lowest BCUT2D eigenvalue weighted by molar-refractivity contribution is 0.425. The zero-order valence-electron chi connectivity index (χ0n) is 19.8. The molecule has 0 saturated carbocycles. The summed E-state index contributed by atoms with van der Waals surface area (Å²) < 4.78 is 1.93. The minimum absolute atomic E-state index is 0.275. The molecular formula is C24H26N10O. The number of nitrogens with zero attached hydrogens (tertiary/aromatic N) is 7. The molecule has 178 valence electrons. The topological polar surface area (TPSA) is 133 Å². The third-order valence-electron chi connectivity index (χ3n) is 5.87. The van der Waals surface area contributed by atoms with Crippen molar-refractivity contribution >= 4 is 16.9 Å². The number of rotatable bonds is 8. The Balaban J connectivity index is 1.57. The van der Waals surface area contributed by atoms with Crippen molar-refractivity contribution in [1.29, 1.82) is 0 Å². The highest BCUT2D eigenvalue weighted by atomic mass is 16.1. The van der Waals surface area contributed by atoms with Gasteiger partial charge in [0.15, 0.2) is 5.82 Å². The lowest BCUT2D eigenvalue weighted by Gasteiger charge is -2.14. The van der Waals surface area contributed by atoms with Crippen LogP contribution in [0.2, 0.25) is 0 Å². The van der Waals surface area contributed by atoms with Crippen molar-refractivity contribution < 1.29 is 0 Å². The summed E-state index contributed by atoms with van der Waals surface area (Å²) in [5, 5.41) is 24.7. The van der Waals surface area contributed by atoms with E-state index >= 15 is 0 Å². The van der Waals surface area contributed by atoms with E-state index in [9.17, 15) is 4.79 Å². The number of anilines is 1. The van der Waals surface area contributed by atoms with Gasteiger partial charge in [0.2, 0.25) is 5.82 Å². The predicted octanol–water partition coefficient (Wildman–Crippen LogP) is 2.30. The maximum atomic E-state index is 12.9. The van der Waals surface area contributed by atoms with Gasteiger partial charge in [0.1, 0.15) is 16.9 Å². The Kier molecular flexibility index (Phi) is 6.06. The number of fused-ring (bicyclic) bond motifs is 1. The smallest absolute Gasteiger partial charge is 0.290 e. The van der Waals surface area contributed by atoms with Crippen molar-refractivity contribution in [2.24, 2.45) is 0 Å². The summed E-state index contributed by atoms with van der Waals surface area (Å²) in [7, 11) is 4.01. The normalized spacial score (nSPS) is 11.4. The summed E-state index contributed by atoms with van der Waals surface area (Å²) in [6, 6.07) is 16.0. The van der Waals surface area contributed by atoms with Crippen molar-refractivity contribution in [1.82, 2.24) is 45.3 Å². The van der Waals surface area contributed by atoms with Crippen LogP contribution in [0.15, 0.2) is 53.3 Å². The lowest BCUT2D eigenvalue weighted by atomic mass is 9.95. The highest BCUT2D eigenvalue weighted by Crippen LogP contribution is 2.33. The van der Waals surface area contributed by atoms with Crippen LogP contribution in [-0.2, 0) is 6.54 Å². The number of aromatic amines is 2. The molecule has 11 nitrogen and oxygen atoms in total. The first-order valence-electron chi connectivity index (χ1n) is 11.3. The number of benzene rings is 2. The van der Waals surface area contributed by atoms with Gasteiger partial charge < -0.3 is 14.8 Å². The van der Waals surface area contributed by atoms with Gasteiger partial charge in [-0.2, -0.15) is 10.3 Å². The van der Waals surface area contributed by atoms with Crippen LogP contribution < -0.4 is 10.9 Å². The first kappa shape index (κ1) is 22.4. The Morgan fingerprint density at radius 3 is 2.49 bits per heavy atom. The molecule has 0 saturated heterocycles. The van der Waals surface area contributed by atoms with Crippen LogP contribution in [0.1, 0.15) is 11.4 Å². The third kappa shape index (κ3) is 4.41. The Morgan fingerprint density at radius 1 is 1.00 bits per heavy atom. The second-order valence-corrected chi connectivity index (χ2v) is 8.51. The molecule has 3 N–H and O–H groups in total. The number of hydrogen-bond donors (Lipinski definition) is 3. The van der Waals surface area contributed by atoms with Crippen molar-refractivity contribution in [2.45, 2.75) is 13.5 Å². The Bertz CT molecular complexity index is 1520. The molecular weight excluding hydrogens is 444 g/mol. The second kappa shape index (κ2) is 9.47. The van der Waals surface area contributed by atoms with Crippen molar-refractivity contribution in [3.8, 4) is 22.5 Å². The van der Waals surface area contributed by atoms with Gasteiger partial charge in [-0.3, -0.25) is 4.79 Å². The third-order valence-corrected chi connectivity index (χ3v) is 5.87. The average molecular weight is 471 g/mol. The van der Waals surface area contributed by atoms with E-state index in [1.807, 2.05) is 62.0 Å². The molecule has 0 spiro atoms. The molecule has 11 heteroatoms. The molecule has 0 bridgehead atoms. The van der Waals surface area contributed by atoms with E-state index in [0.717, 1.165) is 34.6 Å². The molecule has 35 heavy (non-hydrogen) atoms. The maximum absolute atomic E-state index is 12.9. The van der Waals surface area contributed by atoms with Crippen LogP contribution in [0.4, 0.5) is 5.82 Å². The van der Waals surface area contributed by atoms with Gasteiger partial charge >= 0.3 is 0 Å². The van der Waals surface area contributed by atoms with E-state index in [-0.39, 0.29) is 5.56 Å². The first-order valence-corrected chi connectivity index (χ1v) is 11.3. The number of nitrogens with one attached hydrogen (secondary N) is 3. The molecule has 5 aromatic rings. The van der Waals surface area contributed by atoms with E-state index in [1.54, 1.807) is 0 Å². The molecule has 0 aliphatic heterocycles. The van der Waals surface area contributed by atoms with E-state index < -0.39 is 0 Å². The highest BCUT2D eigenvalue weighted by Gasteiger charge is 2.19. The zero-order chi connectivity index (χ0) is 24.4. The van der Waals surface area contributed by atoms with Crippen LogP contribution in [0.25, 0.3) is 33.5 Å². The van der Waals surface area contributed by atoms with Gasteiger partial charge in [-0.25, -0.2) is 10.1 Å². The molecule has 2 aromatic carbocycles. The van der Waals surface area contributed by atoms with Gasteiger partial charge in [0.25, 0.3) is 5.56 Å². The molecule has 3 heterocycles. The number of imidazole rings is 1. The van der Waals surface area contributed by atoms with Gasteiger partial charge in [-0.15, -0.1) is 10.2 Å². The molecule has 3 aromatic heterocycles. The fraction of sp³-hybridized carbons (Fsp3) is 0.250. The zero-order valence-corrected chi connectivity index (χ0v) is 19.8. The minimum Gasteiger partial charge on any atom is -0.365 e. The van der Waals surface area contributed by atoms with Crippen molar-refractivity contribution in [2.75, 3.05) is 32.5 Å². The molecule has 0 fully saturated rings. The summed E-state index contributed by atoms with van der Waals surface area (Å²) in [5.74, 6) is 1.82. The number of H-pyrrole nitrogens is 2. The van der Waals surface area contributed by atoms with E-state index in [1.165, 1.54) is 0 Å². The maximum Gasteiger partial charge on any atom is 0.290 e. The fourth-order valence-corrected chi connectivity index (χ4v) is 4.17. The van der Waals surface area contributed by atoms with E-state index in [2.05, 4.69) is 53.2 Å². The molecule has 0 aliphatic rings. The van der Waals surface area contributed by atoms with Gasteiger partial charge in [0.05, 0.1) is 6.54 Å². The first-order chi connectivity index (χ1) is 17.0. The highest BCUT2D eigenvalue weighted by molar-refractivity contribution is 5.86. The molecule has 0 unspecified atom stereocenters. The van der Waals surface area contributed by atoms with Gasteiger partial charge in [-0.1, -0.05) is 48.5 Å². The van der Waals surface area contributed by atoms with Crippen molar-refractivity contribution in [3.05, 3.63) is 70.3 Å². The van der Waals surface area contributed by atoms with Crippen LogP contribution in [0.3, 0.4) is 0 Å². The van der Waals surface area contributed by atoms with Crippen molar-refractivity contribution in [3.63, 3.8) is 0 Å². The summed E-state index contributed by atoms with van der Waals surface area (Å²) in [5.41, 5.74) is 4.68. The monoisotopic (exact) mass is 470 g/mol. The molecule has 5 rings (SSSR count). The van der Waals surface area contributed by atoms with Crippen LogP contribution in [0.5, 0.6) is 0 Å². The molecule has 0 amide bonds. The lowest BCUT2D eigenvalue weighted by Crippen LogP contribution is -2.22. The number of aromatic nitrogens is 8. The fourth-order valence-electron chi connectivity index (χ4n) is 4.17. The second-order valence-electron chi connectivity index (χ2n) is 8.51. The van der Waals surface area contributed by atoms with Gasteiger partial charge in [-0.05, 0) is 42.9 Å². The SMILES string of the molecule is Cc1nc2c(NCCN(C)C)n[nH]c(=O)c2n1Cc1ccccc1-c1ccccc1-c1nn[nH]n1. The predicted molar refractivity (Wildman–Crippen MR) is 134 cm³/mol. The summed E-state index contributed by atoms with van der Waals surface area (Å²) >= 11 is 0.